The smallest absolute Gasteiger partial charge is 0.166 e. The van der Waals surface area contributed by atoms with Crippen molar-refractivity contribution in [2.75, 3.05) is 22.9 Å². The van der Waals surface area contributed by atoms with E-state index in [-0.39, 0.29) is 0 Å². The Morgan fingerprint density at radius 3 is 1.57 bits per heavy atom. The van der Waals surface area contributed by atoms with Crippen molar-refractivity contribution in [3.63, 3.8) is 0 Å². The van der Waals surface area contributed by atoms with Crippen LogP contribution in [0.4, 0.5) is 22.7 Å². The molecule has 44 heavy (non-hydrogen) atoms. The summed E-state index contributed by atoms with van der Waals surface area (Å²) in [6.07, 6.45) is 0. The van der Waals surface area contributed by atoms with Crippen LogP contribution in [0.3, 0.4) is 0 Å². The first-order valence-electron chi connectivity index (χ1n) is 13.8. The van der Waals surface area contributed by atoms with Crippen LogP contribution in [0.15, 0.2) is 72.8 Å². The molecule has 0 amide bonds. The summed E-state index contributed by atoms with van der Waals surface area (Å²) in [6.45, 7) is 0. The summed E-state index contributed by atoms with van der Waals surface area (Å²) < 4.78 is 0. The molecule has 10 N–H and O–H groups in total. The third kappa shape index (κ3) is 3.45. The summed E-state index contributed by atoms with van der Waals surface area (Å²) in [5.41, 5.74) is 32.6. The van der Waals surface area contributed by atoms with Gasteiger partial charge in [0.1, 0.15) is 22.6 Å². The molecule has 3 aromatic heterocycles. The highest BCUT2D eigenvalue weighted by molar-refractivity contribution is 6.07. The maximum absolute atomic E-state index is 6.49. The van der Waals surface area contributed by atoms with Crippen molar-refractivity contribution >= 4 is 66.9 Å². The molecule has 2 aliphatic heterocycles. The minimum Gasteiger partial charge on any atom is -0.399 e. The van der Waals surface area contributed by atoms with Crippen molar-refractivity contribution in [1.82, 2.24) is 39.9 Å². The number of benzene rings is 4. The van der Waals surface area contributed by atoms with E-state index in [1.165, 1.54) is 0 Å². The molecule has 12 nitrogen and oxygen atoms in total. The number of hydrogen-bond donors (Lipinski definition) is 6. The first-order chi connectivity index (χ1) is 21.4. The van der Waals surface area contributed by atoms with Crippen molar-refractivity contribution in [3.05, 3.63) is 72.8 Å². The zero-order valence-corrected chi connectivity index (χ0v) is 22.9. The standard InChI is InChI=1S/C32H22N12/c33-13-4-7-16-20(10-13)29-38-25(16)37-26-18-9-6-15(35)12-22(18)31(41-26)44-32-24-19(2-1-3-23(24)36)28(43-32)42-30-21-11-14(34)5-8-17(21)27(39-29)40-30/h1-12H,33-36H2,(H2,37,38,39,40,41,42,43,44). The molecule has 12 heteroatoms. The number of aromatic amines is 2. The van der Waals surface area contributed by atoms with E-state index in [0.717, 1.165) is 38.2 Å². The van der Waals surface area contributed by atoms with Crippen LogP contribution in [0.5, 0.6) is 0 Å². The second-order valence-electron chi connectivity index (χ2n) is 10.8. The Hall–Kier alpha value is -6.56. The number of fused-ring (bicyclic) bond motifs is 20. The Kier molecular flexibility index (Phi) is 4.64. The zero-order valence-electron chi connectivity index (χ0n) is 22.9. The number of H-pyrrole nitrogens is 2. The predicted octanol–water partition coefficient (Wildman–Crippen LogP) is 5.20. The summed E-state index contributed by atoms with van der Waals surface area (Å²) >= 11 is 0. The van der Waals surface area contributed by atoms with Gasteiger partial charge >= 0.3 is 0 Å². The molecule has 0 radical (unpaired) electrons. The molecule has 210 valence electrons. The number of nitrogen functional groups attached to an aromatic ring is 4. The van der Waals surface area contributed by atoms with Gasteiger partial charge in [0.15, 0.2) is 23.3 Å². The topological polar surface area (TPSA) is 213 Å². The van der Waals surface area contributed by atoms with Crippen LogP contribution in [-0.4, -0.2) is 39.9 Å². The molecular formula is C32H22N12. The largest absolute Gasteiger partial charge is 0.399 e. The van der Waals surface area contributed by atoms with Gasteiger partial charge in [-0.3, -0.25) is 0 Å². The molecule has 0 fully saturated rings. The van der Waals surface area contributed by atoms with Crippen LogP contribution in [0.2, 0.25) is 0 Å². The quantitative estimate of drug-likeness (QED) is 0.130. The van der Waals surface area contributed by atoms with E-state index < -0.39 is 0 Å². The van der Waals surface area contributed by atoms with Crippen molar-refractivity contribution in [1.29, 1.82) is 0 Å². The Labute approximate surface area is 247 Å². The maximum Gasteiger partial charge on any atom is 0.166 e. The third-order valence-electron chi connectivity index (χ3n) is 7.96. The average molecular weight is 575 g/mol. The lowest BCUT2D eigenvalue weighted by Crippen LogP contribution is -1.91. The Morgan fingerprint density at radius 2 is 0.909 bits per heavy atom. The van der Waals surface area contributed by atoms with E-state index in [9.17, 15) is 0 Å². The van der Waals surface area contributed by atoms with Crippen molar-refractivity contribution in [2.24, 2.45) is 0 Å². The average Bonchev–Trinajstić information content (AvgIpc) is 3.72. The van der Waals surface area contributed by atoms with E-state index in [1.54, 1.807) is 0 Å². The highest BCUT2D eigenvalue weighted by Crippen LogP contribution is 2.39. The summed E-state index contributed by atoms with van der Waals surface area (Å²) in [5, 5.41) is 3.19. The van der Waals surface area contributed by atoms with Gasteiger partial charge in [0, 0.05) is 61.0 Å². The zero-order chi connectivity index (χ0) is 29.7. The minimum atomic E-state index is 0.413. The summed E-state index contributed by atoms with van der Waals surface area (Å²) in [7, 11) is 0. The summed E-state index contributed by atoms with van der Waals surface area (Å²) in [4.78, 5) is 36.4. The Morgan fingerprint density at radius 1 is 0.409 bits per heavy atom. The number of nitrogens with one attached hydrogen (secondary N) is 2. The SMILES string of the molecule is Nc1ccc2c(c1)-c1nc-2nc2[nH]c(nc3nc(nc4[nH]c(n1)c1ccc(N)cc41)-c1cccc(N)c1-3)c1cc(N)ccc21. The van der Waals surface area contributed by atoms with E-state index >= 15 is 0 Å². The van der Waals surface area contributed by atoms with E-state index in [4.69, 9.17) is 52.8 Å². The molecule has 0 saturated heterocycles. The number of nitrogens with zero attached hydrogens (tertiary/aromatic N) is 6. The van der Waals surface area contributed by atoms with Crippen molar-refractivity contribution in [2.45, 2.75) is 0 Å². The lowest BCUT2D eigenvalue weighted by molar-refractivity contribution is 1.19. The number of nitrogens with two attached hydrogens (primary N) is 4. The van der Waals surface area contributed by atoms with E-state index in [1.807, 2.05) is 72.8 Å². The molecule has 9 rings (SSSR count). The third-order valence-corrected chi connectivity index (χ3v) is 7.96. The predicted molar refractivity (Wildman–Crippen MR) is 174 cm³/mol. The van der Waals surface area contributed by atoms with Crippen LogP contribution in [0.25, 0.3) is 89.7 Å². The lowest BCUT2D eigenvalue weighted by Gasteiger charge is -2.01. The van der Waals surface area contributed by atoms with Gasteiger partial charge in [0.05, 0.1) is 5.56 Å². The van der Waals surface area contributed by atoms with Gasteiger partial charge in [-0.1, -0.05) is 12.1 Å². The highest BCUT2D eigenvalue weighted by atomic mass is 15.1. The fraction of sp³-hybridized carbons (Fsp3) is 0. The monoisotopic (exact) mass is 574 g/mol. The van der Waals surface area contributed by atoms with Gasteiger partial charge in [0.2, 0.25) is 0 Å². The molecule has 0 unspecified atom stereocenters. The van der Waals surface area contributed by atoms with Crippen LogP contribution in [-0.2, 0) is 0 Å². The first kappa shape index (κ1) is 24.1. The van der Waals surface area contributed by atoms with Crippen molar-refractivity contribution < 1.29 is 0 Å². The van der Waals surface area contributed by atoms with Gasteiger partial charge in [-0.25, -0.2) is 29.9 Å². The van der Waals surface area contributed by atoms with Crippen LogP contribution in [0.1, 0.15) is 0 Å². The molecular weight excluding hydrogens is 552 g/mol. The molecule has 0 atom stereocenters. The van der Waals surface area contributed by atoms with Gasteiger partial charge in [-0.2, -0.15) is 0 Å². The molecule has 5 heterocycles. The summed E-state index contributed by atoms with van der Waals surface area (Å²) in [6, 6.07) is 22.4. The molecule has 8 bridgehead atoms. The lowest BCUT2D eigenvalue weighted by atomic mass is 10.1. The second-order valence-corrected chi connectivity index (χ2v) is 10.8. The number of aromatic nitrogens is 8. The van der Waals surface area contributed by atoms with Gasteiger partial charge in [-0.05, 0) is 60.7 Å². The number of rotatable bonds is 0. The van der Waals surface area contributed by atoms with Crippen molar-refractivity contribution in [3.8, 4) is 45.6 Å². The molecule has 0 aliphatic carbocycles. The molecule has 2 aliphatic rings. The maximum atomic E-state index is 6.49. The van der Waals surface area contributed by atoms with Gasteiger partial charge < -0.3 is 32.9 Å². The molecule has 0 saturated carbocycles. The van der Waals surface area contributed by atoms with Crippen LogP contribution in [0, 0.1) is 0 Å². The van der Waals surface area contributed by atoms with Crippen LogP contribution < -0.4 is 22.9 Å². The highest BCUT2D eigenvalue weighted by Gasteiger charge is 2.23. The Balaban J connectivity index is 1.52. The first-order valence-corrected chi connectivity index (χ1v) is 13.8. The van der Waals surface area contributed by atoms with Crippen LogP contribution >= 0.6 is 0 Å². The molecule has 7 aromatic rings. The second kappa shape index (κ2) is 8.49. The summed E-state index contributed by atoms with van der Waals surface area (Å²) in [5.74, 6) is 1.80. The fourth-order valence-electron chi connectivity index (χ4n) is 5.92. The van der Waals surface area contributed by atoms with Gasteiger partial charge in [0.25, 0.3) is 0 Å². The van der Waals surface area contributed by atoms with E-state index in [0.29, 0.717) is 74.2 Å². The normalized spacial score (nSPS) is 12.0. The Bertz CT molecular complexity index is 2560. The minimum absolute atomic E-state index is 0.413. The molecule has 4 aromatic carbocycles. The van der Waals surface area contributed by atoms with Gasteiger partial charge in [-0.15, -0.1) is 0 Å². The van der Waals surface area contributed by atoms with E-state index in [2.05, 4.69) is 9.97 Å². The fourth-order valence-corrected chi connectivity index (χ4v) is 5.92. The number of anilines is 4. The number of hydrogen-bond acceptors (Lipinski definition) is 10. The molecule has 0 spiro atoms.